The Bertz CT molecular complexity index is 566. The summed E-state index contributed by atoms with van der Waals surface area (Å²) in [6.45, 7) is 11.2. The number of aromatic nitrogens is 1. The summed E-state index contributed by atoms with van der Waals surface area (Å²) in [6.07, 6.45) is 0. The van der Waals surface area contributed by atoms with Gasteiger partial charge in [0.2, 0.25) is 0 Å². The van der Waals surface area contributed by atoms with Gasteiger partial charge in [0.25, 0.3) is 0 Å². The summed E-state index contributed by atoms with van der Waals surface area (Å²) < 4.78 is 5.88. The molecule has 1 aromatic carbocycles. The van der Waals surface area contributed by atoms with E-state index < -0.39 is 0 Å². The summed E-state index contributed by atoms with van der Waals surface area (Å²) in [6, 6.07) is 6.27. The van der Waals surface area contributed by atoms with Gasteiger partial charge in [0.05, 0.1) is 5.69 Å². The summed E-state index contributed by atoms with van der Waals surface area (Å²) in [4.78, 5) is 4.64. The molecule has 102 valence electrons. The molecule has 0 fully saturated rings. The van der Waals surface area contributed by atoms with Crippen LogP contribution in [-0.2, 0) is 12.0 Å². The molecule has 0 atom stereocenters. The predicted octanol–water partition coefficient (Wildman–Crippen LogP) is 4.64. The minimum absolute atomic E-state index is 0.105. The zero-order chi connectivity index (χ0) is 14.0. The molecule has 0 N–H and O–H groups in total. The van der Waals surface area contributed by atoms with Gasteiger partial charge in [0.1, 0.15) is 17.4 Å². The molecule has 2 rings (SSSR count). The zero-order valence-electron chi connectivity index (χ0n) is 12.3. The lowest BCUT2D eigenvalue weighted by atomic mass is 9.93. The molecule has 0 aliphatic rings. The lowest BCUT2D eigenvalue weighted by molar-refractivity contribution is 0.302. The second-order valence-electron chi connectivity index (χ2n) is 5.93. The van der Waals surface area contributed by atoms with Gasteiger partial charge in [0, 0.05) is 10.8 Å². The van der Waals surface area contributed by atoms with Crippen LogP contribution in [0, 0.1) is 13.8 Å². The van der Waals surface area contributed by atoms with Gasteiger partial charge < -0.3 is 4.74 Å². The van der Waals surface area contributed by atoms with Gasteiger partial charge in [0.15, 0.2) is 0 Å². The van der Waals surface area contributed by atoms with Crippen molar-refractivity contribution in [3.8, 4) is 5.75 Å². The van der Waals surface area contributed by atoms with E-state index in [9.17, 15) is 0 Å². The van der Waals surface area contributed by atoms with Crippen LogP contribution < -0.4 is 4.74 Å². The first-order valence-corrected chi connectivity index (χ1v) is 7.39. The number of benzene rings is 1. The monoisotopic (exact) mass is 275 g/mol. The fraction of sp³-hybridized carbons (Fsp3) is 0.438. The van der Waals surface area contributed by atoms with Crippen LogP contribution in [-0.4, -0.2) is 4.98 Å². The van der Waals surface area contributed by atoms with Gasteiger partial charge >= 0.3 is 0 Å². The molecule has 0 saturated heterocycles. The van der Waals surface area contributed by atoms with Crippen LogP contribution in [0.2, 0.25) is 0 Å². The predicted molar refractivity (Wildman–Crippen MR) is 81.1 cm³/mol. The largest absolute Gasteiger partial charge is 0.486 e. The molecular weight excluding hydrogens is 254 g/mol. The maximum absolute atomic E-state index is 5.88. The maximum Gasteiger partial charge on any atom is 0.140 e. The van der Waals surface area contributed by atoms with Crippen molar-refractivity contribution in [3.63, 3.8) is 0 Å². The smallest absolute Gasteiger partial charge is 0.140 e. The third kappa shape index (κ3) is 3.57. The number of nitrogens with zero attached hydrogens (tertiary/aromatic N) is 1. The molecule has 0 bridgehead atoms. The Labute approximate surface area is 119 Å². The Morgan fingerprint density at radius 2 is 1.95 bits per heavy atom. The summed E-state index contributed by atoms with van der Waals surface area (Å²) in [5, 5.41) is 3.16. The van der Waals surface area contributed by atoms with Crippen molar-refractivity contribution >= 4 is 11.3 Å². The molecular formula is C16H21NOS. The second-order valence-corrected chi connectivity index (χ2v) is 6.88. The average Bonchev–Trinajstić information content (AvgIpc) is 2.79. The highest BCUT2D eigenvalue weighted by molar-refractivity contribution is 7.09. The molecule has 1 heterocycles. The first-order chi connectivity index (χ1) is 8.86. The van der Waals surface area contributed by atoms with E-state index in [-0.39, 0.29) is 5.41 Å². The van der Waals surface area contributed by atoms with Crippen LogP contribution in [0.3, 0.4) is 0 Å². The van der Waals surface area contributed by atoms with E-state index in [2.05, 4.69) is 63.2 Å². The van der Waals surface area contributed by atoms with Crippen molar-refractivity contribution in [1.82, 2.24) is 4.98 Å². The molecule has 19 heavy (non-hydrogen) atoms. The van der Waals surface area contributed by atoms with Crippen LogP contribution >= 0.6 is 11.3 Å². The molecule has 3 heteroatoms. The van der Waals surface area contributed by atoms with Crippen molar-refractivity contribution in [3.05, 3.63) is 45.4 Å². The number of ether oxygens (including phenoxy) is 1. The van der Waals surface area contributed by atoms with Crippen molar-refractivity contribution in [1.29, 1.82) is 0 Å². The third-order valence-corrected chi connectivity index (χ3v) is 3.84. The normalized spacial score (nSPS) is 11.6. The Kier molecular flexibility index (Phi) is 3.95. The van der Waals surface area contributed by atoms with Crippen LogP contribution in [0.15, 0.2) is 23.6 Å². The highest BCUT2D eigenvalue weighted by Crippen LogP contribution is 2.25. The van der Waals surface area contributed by atoms with E-state index in [1.807, 2.05) is 0 Å². The minimum Gasteiger partial charge on any atom is -0.486 e. The van der Waals surface area contributed by atoms with E-state index in [0.29, 0.717) is 6.61 Å². The zero-order valence-corrected chi connectivity index (χ0v) is 13.1. The average molecular weight is 275 g/mol. The molecule has 2 aromatic rings. The summed E-state index contributed by atoms with van der Waals surface area (Å²) >= 11 is 1.67. The Morgan fingerprint density at radius 1 is 1.21 bits per heavy atom. The van der Waals surface area contributed by atoms with Crippen LogP contribution in [0.5, 0.6) is 5.75 Å². The number of hydrogen-bond acceptors (Lipinski definition) is 3. The van der Waals surface area contributed by atoms with Crippen molar-refractivity contribution in [2.75, 3.05) is 0 Å². The molecule has 0 unspecified atom stereocenters. The number of hydrogen-bond donors (Lipinski definition) is 0. The van der Waals surface area contributed by atoms with E-state index in [1.54, 1.807) is 11.3 Å². The number of aryl methyl sites for hydroxylation is 2. The Morgan fingerprint density at radius 3 is 2.58 bits per heavy atom. The molecule has 0 aliphatic heterocycles. The van der Waals surface area contributed by atoms with Gasteiger partial charge in [-0.15, -0.1) is 11.3 Å². The summed E-state index contributed by atoms with van der Waals surface area (Å²) in [5.74, 6) is 0.951. The van der Waals surface area contributed by atoms with Gasteiger partial charge in [-0.2, -0.15) is 0 Å². The van der Waals surface area contributed by atoms with Crippen molar-refractivity contribution < 1.29 is 4.74 Å². The second kappa shape index (κ2) is 5.33. The Hall–Kier alpha value is -1.35. The maximum atomic E-state index is 5.88. The molecule has 0 saturated carbocycles. The van der Waals surface area contributed by atoms with Crippen LogP contribution in [0.1, 0.15) is 42.6 Å². The number of thiazole rings is 1. The quantitative estimate of drug-likeness (QED) is 0.814. The molecule has 0 aliphatic carbocycles. The topological polar surface area (TPSA) is 22.1 Å². The highest BCUT2D eigenvalue weighted by atomic mass is 32.1. The van der Waals surface area contributed by atoms with E-state index >= 15 is 0 Å². The summed E-state index contributed by atoms with van der Waals surface area (Å²) in [7, 11) is 0. The first kappa shape index (κ1) is 14.1. The van der Waals surface area contributed by atoms with Crippen molar-refractivity contribution in [2.24, 2.45) is 0 Å². The van der Waals surface area contributed by atoms with Gasteiger partial charge in [-0.25, -0.2) is 4.98 Å². The highest BCUT2D eigenvalue weighted by Gasteiger charge is 2.17. The molecule has 0 radical (unpaired) electrons. The van der Waals surface area contributed by atoms with Crippen molar-refractivity contribution in [2.45, 2.75) is 46.6 Å². The fourth-order valence-electron chi connectivity index (χ4n) is 1.72. The lowest BCUT2D eigenvalue weighted by Gasteiger charge is -2.14. The number of rotatable bonds is 3. The molecule has 0 spiro atoms. The van der Waals surface area contributed by atoms with E-state index in [1.165, 1.54) is 11.1 Å². The van der Waals surface area contributed by atoms with Gasteiger partial charge in [-0.3, -0.25) is 0 Å². The third-order valence-electron chi connectivity index (χ3n) is 3.01. The van der Waals surface area contributed by atoms with E-state index in [4.69, 9.17) is 4.74 Å². The lowest BCUT2D eigenvalue weighted by Crippen LogP contribution is -2.11. The summed E-state index contributed by atoms with van der Waals surface area (Å²) in [5.41, 5.74) is 3.62. The molecule has 1 aromatic heterocycles. The van der Waals surface area contributed by atoms with Crippen LogP contribution in [0.4, 0.5) is 0 Å². The minimum atomic E-state index is 0.105. The van der Waals surface area contributed by atoms with Gasteiger partial charge in [-0.1, -0.05) is 32.9 Å². The van der Waals surface area contributed by atoms with E-state index in [0.717, 1.165) is 16.5 Å². The SMILES string of the molecule is Cc1ccc(C)c(OCc2nc(C(C)(C)C)cs2)c1. The molecule has 0 amide bonds. The van der Waals surface area contributed by atoms with Crippen LogP contribution in [0.25, 0.3) is 0 Å². The Balaban J connectivity index is 2.06. The first-order valence-electron chi connectivity index (χ1n) is 6.51. The van der Waals surface area contributed by atoms with Gasteiger partial charge in [-0.05, 0) is 31.0 Å². The molecule has 2 nitrogen and oxygen atoms in total. The standard InChI is InChI=1S/C16H21NOS/c1-11-6-7-12(2)13(8-11)18-9-15-17-14(10-19-15)16(3,4)5/h6-8,10H,9H2,1-5H3. The fourth-order valence-corrected chi connectivity index (χ4v) is 2.66.